The molecular weight excluding hydrogens is 240 g/mol. The Morgan fingerprint density at radius 3 is 2.89 bits per heavy atom. The van der Waals surface area contributed by atoms with Crippen LogP contribution in [0.2, 0.25) is 0 Å². The molecule has 0 saturated carbocycles. The molecule has 1 aromatic heterocycles. The fourth-order valence-electron chi connectivity index (χ4n) is 2.40. The minimum Gasteiger partial charge on any atom is -0.336 e. The average Bonchev–Trinajstić information content (AvgIpc) is 2.46. The van der Waals surface area contributed by atoms with Gasteiger partial charge in [0, 0.05) is 43.6 Å². The third-order valence-corrected chi connectivity index (χ3v) is 3.37. The van der Waals surface area contributed by atoms with Crippen molar-refractivity contribution in [3.8, 4) is 0 Å². The number of piperazine rings is 1. The van der Waals surface area contributed by atoms with Gasteiger partial charge in [0.1, 0.15) is 0 Å². The van der Waals surface area contributed by atoms with Crippen LogP contribution in [0.1, 0.15) is 17.3 Å². The summed E-state index contributed by atoms with van der Waals surface area (Å²) in [7, 11) is 0. The van der Waals surface area contributed by atoms with Crippen LogP contribution in [0.25, 0.3) is 11.0 Å². The summed E-state index contributed by atoms with van der Waals surface area (Å²) >= 11 is 0. The van der Waals surface area contributed by atoms with Gasteiger partial charge in [0.05, 0.1) is 11.0 Å². The summed E-state index contributed by atoms with van der Waals surface area (Å²) in [6.07, 6.45) is 3.30. The normalized spacial score (nSPS) is 19.6. The minimum absolute atomic E-state index is 0.0703. The van der Waals surface area contributed by atoms with Crippen molar-refractivity contribution < 1.29 is 4.79 Å². The molecule has 1 aromatic carbocycles. The molecule has 5 nitrogen and oxygen atoms in total. The summed E-state index contributed by atoms with van der Waals surface area (Å²) in [5.74, 6) is 0.0703. The molecule has 0 spiro atoms. The maximum Gasteiger partial charge on any atom is 0.254 e. The van der Waals surface area contributed by atoms with Crippen LogP contribution in [-0.2, 0) is 0 Å². The number of hydrogen-bond acceptors (Lipinski definition) is 4. The molecule has 1 saturated heterocycles. The van der Waals surface area contributed by atoms with E-state index in [4.69, 9.17) is 0 Å². The van der Waals surface area contributed by atoms with Crippen molar-refractivity contribution in [1.82, 2.24) is 20.2 Å². The molecule has 3 rings (SSSR count). The molecule has 1 aliphatic heterocycles. The molecule has 2 aromatic rings. The van der Waals surface area contributed by atoms with Gasteiger partial charge in [0.25, 0.3) is 5.91 Å². The molecule has 2 heterocycles. The van der Waals surface area contributed by atoms with E-state index in [0.717, 1.165) is 30.7 Å². The summed E-state index contributed by atoms with van der Waals surface area (Å²) in [5, 5.41) is 3.33. The van der Waals surface area contributed by atoms with Crippen LogP contribution in [0.5, 0.6) is 0 Å². The average molecular weight is 256 g/mol. The van der Waals surface area contributed by atoms with E-state index in [1.807, 2.05) is 23.1 Å². The van der Waals surface area contributed by atoms with E-state index in [2.05, 4.69) is 22.2 Å². The quantitative estimate of drug-likeness (QED) is 0.829. The zero-order chi connectivity index (χ0) is 13.2. The highest BCUT2D eigenvalue weighted by Crippen LogP contribution is 2.14. The van der Waals surface area contributed by atoms with Crippen LogP contribution in [0.15, 0.2) is 30.6 Å². The Morgan fingerprint density at radius 1 is 1.32 bits per heavy atom. The number of nitrogens with zero attached hydrogens (tertiary/aromatic N) is 3. The summed E-state index contributed by atoms with van der Waals surface area (Å²) in [6.45, 7) is 4.44. The first-order chi connectivity index (χ1) is 9.24. The molecule has 1 amide bonds. The zero-order valence-electron chi connectivity index (χ0n) is 10.8. The van der Waals surface area contributed by atoms with Gasteiger partial charge in [-0.1, -0.05) is 0 Å². The Bertz CT molecular complexity index is 613. The number of nitrogens with one attached hydrogen (secondary N) is 1. The monoisotopic (exact) mass is 256 g/mol. The standard InChI is InChI=1S/C14H16N4O/c1-10-9-18(7-6-15-10)14(19)11-2-3-12-13(8-11)17-5-4-16-12/h2-5,8,10,15H,6-7,9H2,1H3/t10-/m0/s1. The lowest BCUT2D eigenvalue weighted by molar-refractivity contribution is 0.0709. The number of fused-ring (bicyclic) bond motifs is 1. The highest BCUT2D eigenvalue weighted by Gasteiger charge is 2.21. The molecule has 0 unspecified atom stereocenters. The molecule has 0 radical (unpaired) electrons. The summed E-state index contributed by atoms with van der Waals surface area (Å²) in [6, 6.07) is 5.84. The van der Waals surface area contributed by atoms with Gasteiger partial charge in [-0.2, -0.15) is 0 Å². The van der Waals surface area contributed by atoms with Crippen molar-refractivity contribution in [2.45, 2.75) is 13.0 Å². The van der Waals surface area contributed by atoms with Crippen molar-refractivity contribution in [1.29, 1.82) is 0 Å². The van der Waals surface area contributed by atoms with Crippen LogP contribution < -0.4 is 5.32 Å². The first-order valence-electron chi connectivity index (χ1n) is 6.47. The molecule has 98 valence electrons. The van der Waals surface area contributed by atoms with Crippen LogP contribution in [-0.4, -0.2) is 46.5 Å². The number of rotatable bonds is 1. The van der Waals surface area contributed by atoms with E-state index in [0.29, 0.717) is 11.6 Å². The Balaban J connectivity index is 1.88. The number of benzene rings is 1. The van der Waals surface area contributed by atoms with E-state index in [1.165, 1.54) is 0 Å². The highest BCUT2D eigenvalue weighted by atomic mass is 16.2. The lowest BCUT2D eigenvalue weighted by Gasteiger charge is -2.32. The molecule has 1 fully saturated rings. The number of amides is 1. The van der Waals surface area contributed by atoms with Gasteiger partial charge in [-0.3, -0.25) is 14.8 Å². The number of carbonyl (C=O) groups is 1. The second-order valence-electron chi connectivity index (χ2n) is 4.87. The van der Waals surface area contributed by atoms with Crippen molar-refractivity contribution in [2.24, 2.45) is 0 Å². The zero-order valence-corrected chi connectivity index (χ0v) is 10.8. The van der Waals surface area contributed by atoms with E-state index in [1.54, 1.807) is 12.4 Å². The van der Waals surface area contributed by atoms with Gasteiger partial charge in [-0.15, -0.1) is 0 Å². The molecule has 1 N–H and O–H groups in total. The predicted octanol–water partition coefficient (Wildman–Crippen LogP) is 1.06. The third-order valence-electron chi connectivity index (χ3n) is 3.37. The van der Waals surface area contributed by atoms with E-state index in [9.17, 15) is 4.79 Å². The van der Waals surface area contributed by atoms with Crippen molar-refractivity contribution in [3.63, 3.8) is 0 Å². The molecular formula is C14H16N4O. The SMILES string of the molecule is C[C@H]1CN(C(=O)c2ccc3nccnc3c2)CCN1. The molecule has 19 heavy (non-hydrogen) atoms. The predicted molar refractivity (Wildman–Crippen MR) is 72.9 cm³/mol. The highest BCUT2D eigenvalue weighted by molar-refractivity contribution is 5.97. The second kappa shape index (κ2) is 4.93. The summed E-state index contributed by atoms with van der Waals surface area (Å²) in [5.41, 5.74) is 2.26. The Morgan fingerprint density at radius 2 is 2.11 bits per heavy atom. The lowest BCUT2D eigenvalue weighted by atomic mass is 10.1. The van der Waals surface area contributed by atoms with Crippen molar-refractivity contribution in [2.75, 3.05) is 19.6 Å². The summed E-state index contributed by atoms with van der Waals surface area (Å²) in [4.78, 5) is 22.8. The molecule has 1 atom stereocenters. The van der Waals surface area contributed by atoms with Gasteiger partial charge in [0.2, 0.25) is 0 Å². The van der Waals surface area contributed by atoms with Crippen LogP contribution in [0.3, 0.4) is 0 Å². The maximum atomic E-state index is 12.4. The van der Waals surface area contributed by atoms with Crippen LogP contribution >= 0.6 is 0 Å². The Hall–Kier alpha value is -2.01. The van der Waals surface area contributed by atoms with Gasteiger partial charge in [-0.05, 0) is 25.1 Å². The summed E-state index contributed by atoms with van der Waals surface area (Å²) < 4.78 is 0. The maximum absolute atomic E-state index is 12.4. The fraction of sp³-hybridized carbons (Fsp3) is 0.357. The molecule has 5 heteroatoms. The van der Waals surface area contributed by atoms with Gasteiger partial charge in [-0.25, -0.2) is 0 Å². The molecule has 0 bridgehead atoms. The van der Waals surface area contributed by atoms with Gasteiger partial charge in [0.15, 0.2) is 0 Å². The van der Waals surface area contributed by atoms with E-state index >= 15 is 0 Å². The van der Waals surface area contributed by atoms with E-state index < -0.39 is 0 Å². The number of aromatic nitrogens is 2. The largest absolute Gasteiger partial charge is 0.336 e. The topological polar surface area (TPSA) is 58.1 Å². The van der Waals surface area contributed by atoms with Crippen LogP contribution in [0.4, 0.5) is 0 Å². The number of hydrogen-bond donors (Lipinski definition) is 1. The van der Waals surface area contributed by atoms with E-state index in [-0.39, 0.29) is 5.91 Å². The molecule has 0 aliphatic carbocycles. The van der Waals surface area contributed by atoms with Crippen molar-refractivity contribution >= 4 is 16.9 Å². The lowest BCUT2D eigenvalue weighted by Crippen LogP contribution is -2.51. The van der Waals surface area contributed by atoms with Crippen molar-refractivity contribution in [3.05, 3.63) is 36.2 Å². The second-order valence-corrected chi connectivity index (χ2v) is 4.87. The Kier molecular flexibility index (Phi) is 3.13. The Labute approximate surface area is 111 Å². The van der Waals surface area contributed by atoms with Gasteiger partial charge >= 0.3 is 0 Å². The number of carbonyl (C=O) groups excluding carboxylic acids is 1. The van der Waals surface area contributed by atoms with Gasteiger partial charge < -0.3 is 10.2 Å². The minimum atomic E-state index is 0.0703. The third kappa shape index (κ3) is 2.42. The fourth-order valence-corrected chi connectivity index (χ4v) is 2.40. The van der Waals surface area contributed by atoms with Crippen LogP contribution in [0, 0.1) is 0 Å². The first-order valence-corrected chi connectivity index (χ1v) is 6.47. The molecule has 1 aliphatic rings. The smallest absolute Gasteiger partial charge is 0.254 e. The first kappa shape index (κ1) is 12.0.